The Hall–Kier alpha value is -1.29. The maximum absolute atomic E-state index is 6.02. The van der Waals surface area contributed by atoms with Gasteiger partial charge in [-0.2, -0.15) is 0 Å². The van der Waals surface area contributed by atoms with Crippen molar-refractivity contribution < 1.29 is 4.74 Å². The van der Waals surface area contributed by atoms with Gasteiger partial charge in [0.1, 0.15) is 0 Å². The Bertz CT molecular complexity index is 573. The molecule has 1 aromatic heterocycles. The molecule has 106 valence electrons. The molecule has 0 fully saturated rings. The molecule has 0 radical (unpaired) electrons. The van der Waals surface area contributed by atoms with Crippen molar-refractivity contribution in [3.63, 3.8) is 0 Å². The van der Waals surface area contributed by atoms with E-state index in [-0.39, 0.29) is 6.04 Å². The van der Waals surface area contributed by atoms with Crippen molar-refractivity contribution in [1.82, 2.24) is 10.3 Å². The van der Waals surface area contributed by atoms with Crippen molar-refractivity contribution in [2.24, 2.45) is 0 Å². The summed E-state index contributed by atoms with van der Waals surface area (Å²) in [6, 6.07) is 9.67. The van der Waals surface area contributed by atoms with Crippen LogP contribution >= 0.6 is 23.2 Å². The lowest BCUT2D eigenvalue weighted by atomic mass is 10.1. The molecule has 0 saturated heterocycles. The first-order valence-electron chi connectivity index (χ1n) is 6.27. The summed E-state index contributed by atoms with van der Waals surface area (Å²) in [4.78, 5) is 4.17. The third-order valence-electron chi connectivity index (χ3n) is 3.06. The van der Waals surface area contributed by atoms with Gasteiger partial charge in [-0.05, 0) is 30.2 Å². The minimum Gasteiger partial charge on any atom is -0.481 e. The Morgan fingerprint density at radius 3 is 2.60 bits per heavy atom. The molecule has 3 nitrogen and oxygen atoms in total. The van der Waals surface area contributed by atoms with Gasteiger partial charge in [0.15, 0.2) is 0 Å². The monoisotopic (exact) mass is 310 g/mol. The van der Waals surface area contributed by atoms with Crippen LogP contribution < -0.4 is 10.1 Å². The van der Waals surface area contributed by atoms with Crippen LogP contribution in [0.3, 0.4) is 0 Å². The number of aromatic nitrogens is 1. The average molecular weight is 311 g/mol. The second-order valence-electron chi connectivity index (χ2n) is 4.48. The molecule has 0 amide bonds. The van der Waals surface area contributed by atoms with E-state index in [2.05, 4.69) is 17.2 Å². The van der Waals surface area contributed by atoms with Crippen LogP contribution in [-0.2, 0) is 6.54 Å². The molecule has 1 aromatic carbocycles. The van der Waals surface area contributed by atoms with Gasteiger partial charge in [-0.1, -0.05) is 35.3 Å². The minimum atomic E-state index is 0.173. The van der Waals surface area contributed by atoms with Crippen LogP contribution in [0, 0.1) is 0 Å². The second-order valence-corrected chi connectivity index (χ2v) is 5.30. The van der Waals surface area contributed by atoms with E-state index >= 15 is 0 Å². The zero-order valence-electron chi connectivity index (χ0n) is 11.4. The summed E-state index contributed by atoms with van der Waals surface area (Å²) in [5.74, 6) is 0.617. The number of hydrogen-bond donors (Lipinski definition) is 1. The molecule has 1 unspecified atom stereocenters. The molecular formula is C15H16Cl2N2O. The summed E-state index contributed by atoms with van der Waals surface area (Å²) in [5, 5.41) is 4.56. The first kappa shape index (κ1) is 15.1. The fourth-order valence-electron chi connectivity index (χ4n) is 1.81. The van der Waals surface area contributed by atoms with Gasteiger partial charge >= 0.3 is 0 Å². The highest BCUT2D eigenvalue weighted by atomic mass is 35.5. The van der Waals surface area contributed by atoms with Crippen molar-refractivity contribution in [3.8, 4) is 5.88 Å². The molecule has 0 saturated carbocycles. The van der Waals surface area contributed by atoms with E-state index in [1.165, 1.54) is 0 Å². The van der Waals surface area contributed by atoms with E-state index in [0.717, 1.165) is 17.7 Å². The van der Waals surface area contributed by atoms with Crippen molar-refractivity contribution in [3.05, 3.63) is 57.7 Å². The summed E-state index contributed by atoms with van der Waals surface area (Å²) < 4.78 is 5.03. The number of pyridine rings is 1. The largest absolute Gasteiger partial charge is 0.481 e. The third-order valence-corrected chi connectivity index (χ3v) is 3.80. The molecule has 0 aliphatic heterocycles. The molecule has 1 N–H and O–H groups in total. The van der Waals surface area contributed by atoms with Gasteiger partial charge in [-0.25, -0.2) is 4.98 Å². The summed E-state index contributed by atoms with van der Waals surface area (Å²) in [5.41, 5.74) is 2.19. The maximum atomic E-state index is 6.02. The van der Waals surface area contributed by atoms with Crippen LogP contribution in [0.25, 0.3) is 0 Å². The molecule has 0 aliphatic carbocycles. The van der Waals surface area contributed by atoms with Crippen LogP contribution in [0.15, 0.2) is 36.5 Å². The van der Waals surface area contributed by atoms with E-state index in [0.29, 0.717) is 15.9 Å². The molecule has 5 heteroatoms. The van der Waals surface area contributed by atoms with Crippen molar-refractivity contribution in [2.45, 2.75) is 19.5 Å². The van der Waals surface area contributed by atoms with E-state index in [4.69, 9.17) is 27.9 Å². The summed E-state index contributed by atoms with van der Waals surface area (Å²) in [7, 11) is 1.60. The van der Waals surface area contributed by atoms with E-state index in [1.807, 2.05) is 30.3 Å². The van der Waals surface area contributed by atoms with Gasteiger partial charge in [0.25, 0.3) is 0 Å². The fourth-order valence-corrected chi connectivity index (χ4v) is 2.11. The normalized spacial score (nSPS) is 12.2. The quantitative estimate of drug-likeness (QED) is 0.896. The first-order chi connectivity index (χ1) is 9.60. The molecule has 20 heavy (non-hydrogen) atoms. The molecular weight excluding hydrogens is 295 g/mol. The van der Waals surface area contributed by atoms with Gasteiger partial charge in [0.05, 0.1) is 17.2 Å². The lowest BCUT2D eigenvalue weighted by Crippen LogP contribution is -2.18. The lowest BCUT2D eigenvalue weighted by Gasteiger charge is -2.15. The molecule has 0 aliphatic rings. The summed E-state index contributed by atoms with van der Waals surface area (Å²) in [6.45, 7) is 2.80. The number of hydrogen-bond acceptors (Lipinski definition) is 3. The topological polar surface area (TPSA) is 34.1 Å². The van der Waals surface area contributed by atoms with Gasteiger partial charge in [0, 0.05) is 24.8 Å². The number of ether oxygens (including phenoxy) is 1. The molecule has 0 bridgehead atoms. The van der Waals surface area contributed by atoms with Gasteiger partial charge in [-0.3, -0.25) is 0 Å². The van der Waals surface area contributed by atoms with Crippen LogP contribution in [0.4, 0.5) is 0 Å². The number of methoxy groups -OCH3 is 1. The zero-order valence-corrected chi connectivity index (χ0v) is 12.9. The highest BCUT2D eigenvalue weighted by Crippen LogP contribution is 2.25. The summed E-state index contributed by atoms with van der Waals surface area (Å²) >= 11 is 11.9. The average Bonchev–Trinajstić information content (AvgIpc) is 2.48. The molecule has 0 spiro atoms. The number of benzene rings is 1. The molecule has 1 heterocycles. The highest BCUT2D eigenvalue weighted by Gasteiger charge is 2.07. The van der Waals surface area contributed by atoms with Crippen molar-refractivity contribution >= 4 is 23.2 Å². The van der Waals surface area contributed by atoms with Crippen LogP contribution in [0.1, 0.15) is 24.1 Å². The van der Waals surface area contributed by atoms with E-state index in [9.17, 15) is 0 Å². The van der Waals surface area contributed by atoms with Gasteiger partial charge in [0.2, 0.25) is 5.88 Å². The number of nitrogens with zero attached hydrogens (tertiary/aromatic N) is 1. The van der Waals surface area contributed by atoms with Gasteiger partial charge < -0.3 is 10.1 Å². The number of rotatable bonds is 5. The fraction of sp³-hybridized carbons (Fsp3) is 0.267. The van der Waals surface area contributed by atoms with Crippen molar-refractivity contribution in [2.75, 3.05) is 7.11 Å². The minimum absolute atomic E-state index is 0.173. The van der Waals surface area contributed by atoms with Crippen molar-refractivity contribution in [1.29, 1.82) is 0 Å². The number of halogens is 2. The lowest BCUT2D eigenvalue weighted by molar-refractivity contribution is 0.397. The molecule has 1 atom stereocenters. The SMILES string of the molecule is COc1ccc(CNC(C)c2ccc(Cl)c(Cl)c2)cn1. The Morgan fingerprint density at radius 2 is 2.00 bits per heavy atom. The summed E-state index contributed by atoms with van der Waals surface area (Å²) in [6.07, 6.45) is 1.80. The molecule has 2 aromatic rings. The van der Waals surface area contributed by atoms with E-state index in [1.54, 1.807) is 13.3 Å². The van der Waals surface area contributed by atoms with Gasteiger partial charge in [-0.15, -0.1) is 0 Å². The van der Waals surface area contributed by atoms with E-state index < -0.39 is 0 Å². The molecule has 2 rings (SSSR count). The predicted molar refractivity (Wildman–Crippen MR) is 82.5 cm³/mol. The Kier molecular flexibility index (Phi) is 5.24. The Balaban J connectivity index is 1.96. The highest BCUT2D eigenvalue weighted by molar-refractivity contribution is 6.42. The standard InChI is InChI=1S/C15H16Cl2N2O/c1-10(12-4-5-13(16)14(17)7-12)18-8-11-3-6-15(20-2)19-9-11/h3-7,9-10,18H,8H2,1-2H3. The third kappa shape index (κ3) is 3.85. The second kappa shape index (κ2) is 6.93. The maximum Gasteiger partial charge on any atom is 0.212 e. The predicted octanol–water partition coefficient (Wildman–Crippen LogP) is 4.25. The zero-order chi connectivity index (χ0) is 14.5. The number of nitrogens with one attached hydrogen (secondary N) is 1. The first-order valence-corrected chi connectivity index (χ1v) is 7.03. The Labute approximate surface area is 128 Å². The van der Waals surface area contributed by atoms with Crippen LogP contribution in [-0.4, -0.2) is 12.1 Å². The van der Waals surface area contributed by atoms with Crippen LogP contribution in [0.5, 0.6) is 5.88 Å². The smallest absolute Gasteiger partial charge is 0.212 e. The van der Waals surface area contributed by atoms with Crippen LogP contribution in [0.2, 0.25) is 10.0 Å². The Morgan fingerprint density at radius 1 is 1.20 bits per heavy atom.